The Morgan fingerprint density at radius 3 is 1.83 bits per heavy atom. The van der Waals surface area contributed by atoms with Crippen molar-refractivity contribution < 1.29 is 0 Å². The first-order valence-corrected chi connectivity index (χ1v) is 10.9. The number of aryl methyl sites for hydroxylation is 2. The lowest BCUT2D eigenvalue weighted by Crippen LogP contribution is -2.01. The molecule has 1 heterocycles. The van der Waals surface area contributed by atoms with Crippen molar-refractivity contribution in [2.45, 2.75) is 20.8 Å². The lowest BCUT2D eigenvalue weighted by atomic mass is 10.0. The first-order valence-electron chi connectivity index (χ1n) is 9.34. The van der Waals surface area contributed by atoms with Crippen LogP contribution < -0.4 is 0 Å². The highest BCUT2D eigenvalue weighted by atomic mass is 35.5. The SMILES string of the molecule is Cc1ccc(-n2nc(-c3ccc(Cl)c(Cl)c3)c(C)c2-c2ccc(Cl)c(Cl)c2)cc1C. The van der Waals surface area contributed by atoms with Gasteiger partial charge in [-0.25, -0.2) is 4.68 Å². The number of rotatable bonds is 3. The fourth-order valence-electron chi connectivity index (χ4n) is 3.44. The van der Waals surface area contributed by atoms with Gasteiger partial charge >= 0.3 is 0 Å². The third-order valence-electron chi connectivity index (χ3n) is 5.24. The normalized spacial score (nSPS) is 11.2. The van der Waals surface area contributed by atoms with E-state index in [2.05, 4.69) is 32.0 Å². The van der Waals surface area contributed by atoms with Gasteiger partial charge in [-0.2, -0.15) is 5.10 Å². The van der Waals surface area contributed by atoms with Crippen molar-refractivity contribution in [1.29, 1.82) is 0 Å². The van der Waals surface area contributed by atoms with Crippen molar-refractivity contribution in [3.63, 3.8) is 0 Å². The largest absolute Gasteiger partial charge is 0.232 e. The first-order chi connectivity index (χ1) is 14.3. The van der Waals surface area contributed by atoms with Crippen LogP contribution in [-0.4, -0.2) is 9.78 Å². The summed E-state index contributed by atoms with van der Waals surface area (Å²) in [6.45, 7) is 6.22. The van der Waals surface area contributed by atoms with Crippen LogP contribution in [0.3, 0.4) is 0 Å². The maximum absolute atomic E-state index is 6.33. The van der Waals surface area contributed by atoms with E-state index in [0.717, 1.165) is 33.8 Å². The maximum Gasteiger partial charge on any atom is 0.0963 e. The molecular weight excluding hydrogens is 458 g/mol. The number of benzene rings is 3. The third-order valence-corrected chi connectivity index (χ3v) is 6.72. The Labute approximate surface area is 196 Å². The maximum atomic E-state index is 6.33. The van der Waals surface area contributed by atoms with Crippen LogP contribution in [0.4, 0.5) is 0 Å². The third kappa shape index (κ3) is 3.86. The second-order valence-corrected chi connectivity index (χ2v) is 8.89. The molecule has 0 spiro atoms. The number of halogens is 4. The fourth-order valence-corrected chi connectivity index (χ4v) is 4.04. The Hall–Kier alpha value is -1.97. The van der Waals surface area contributed by atoms with Crippen LogP contribution in [0.1, 0.15) is 16.7 Å². The molecule has 0 radical (unpaired) electrons. The minimum absolute atomic E-state index is 0.491. The molecule has 0 aliphatic heterocycles. The Morgan fingerprint density at radius 2 is 1.23 bits per heavy atom. The average molecular weight is 476 g/mol. The predicted molar refractivity (Wildman–Crippen MR) is 129 cm³/mol. The van der Waals surface area contributed by atoms with Crippen LogP contribution in [0.25, 0.3) is 28.2 Å². The van der Waals surface area contributed by atoms with Crippen molar-refractivity contribution in [2.24, 2.45) is 0 Å². The van der Waals surface area contributed by atoms with Gasteiger partial charge in [-0.3, -0.25) is 0 Å². The molecule has 3 aromatic carbocycles. The van der Waals surface area contributed by atoms with Gasteiger partial charge in [0.1, 0.15) is 0 Å². The number of hydrogen-bond acceptors (Lipinski definition) is 1. The van der Waals surface area contributed by atoms with Gasteiger partial charge in [0.05, 0.1) is 37.2 Å². The van der Waals surface area contributed by atoms with Gasteiger partial charge in [0, 0.05) is 16.7 Å². The van der Waals surface area contributed by atoms with E-state index in [9.17, 15) is 0 Å². The summed E-state index contributed by atoms with van der Waals surface area (Å²) < 4.78 is 1.94. The van der Waals surface area contributed by atoms with Crippen LogP contribution in [0.15, 0.2) is 54.6 Å². The molecule has 0 N–H and O–H groups in total. The zero-order valence-electron chi connectivity index (χ0n) is 16.6. The molecule has 0 bridgehead atoms. The quantitative estimate of drug-likeness (QED) is 0.289. The molecule has 6 heteroatoms. The highest BCUT2D eigenvalue weighted by molar-refractivity contribution is 6.42. The average Bonchev–Trinajstić information content (AvgIpc) is 3.05. The Balaban J connectivity index is 2.00. The Morgan fingerprint density at radius 1 is 0.633 bits per heavy atom. The number of nitrogens with zero attached hydrogens (tertiary/aromatic N) is 2. The van der Waals surface area contributed by atoms with Crippen LogP contribution in [0.2, 0.25) is 20.1 Å². The number of hydrogen-bond donors (Lipinski definition) is 0. The Kier molecular flexibility index (Phi) is 5.87. The van der Waals surface area contributed by atoms with Crippen molar-refractivity contribution >= 4 is 46.4 Å². The molecule has 2 nitrogen and oxygen atoms in total. The lowest BCUT2D eigenvalue weighted by Gasteiger charge is -2.11. The summed E-state index contributed by atoms with van der Waals surface area (Å²) >= 11 is 24.9. The smallest absolute Gasteiger partial charge is 0.0963 e. The van der Waals surface area contributed by atoms with Crippen LogP contribution in [0, 0.1) is 20.8 Å². The van der Waals surface area contributed by atoms with E-state index in [-0.39, 0.29) is 0 Å². The van der Waals surface area contributed by atoms with Crippen molar-refractivity contribution in [3.05, 3.63) is 91.4 Å². The van der Waals surface area contributed by atoms with E-state index < -0.39 is 0 Å². The molecule has 30 heavy (non-hydrogen) atoms. The predicted octanol–water partition coefficient (Wildman–Crippen LogP) is 8.75. The minimum Gasteiger partial charge on any atom is -0.232 e. The number of aromatic nitrogens is 2. The van der Waals surface area contributed by atoms with Gasteiger partial charge < -0.3 is 0 Å². The summed E-state index contributed by atoms with van der Waals surface area (Å²) in [4.78, 5) is 0. The van der Waals surface area contributed by atoms with Gasteiger partial charge in [0.15, 0.2) is 0 Å². The van der Waals surface area contributed by atoms with E-state index in [1.807, 2.05) is 35.9 Å². The van der Waals surface area contributed by atoms with E-state index in [1.165, 1.54) is 11.1 Å². The van der Waals surface area contributed by atoms with Crippen LogP contribution >= 0.6 is 46.4 Å². The standard InChI is InChI=1S/C24H18Cl4N2/c1-13-4-7-18(10-14(13)2)30-24(17-6-9-20(26)22(28)12-17)15(3)23(29-30)16-5-8-19(25)21(27)11-16/h4-12H,1-3H3. The summed E-state index contributed by atoms with van der Waals surface area (Å²) in [5.74, 6) is 0. The van der Waals surface area contributed by atoms with Gasteiger partial charge in [-0.1, -0.05) is 64.6 Å². The topological polar surface area (TPSA) is 17.8 Å². The molecule has 0 unspecified atom stereocenters. The lowest BCUT2D eigenvalue weighted by molar-refractivity contribution is 0.889. The van der Waals surface area contributed by atoms with Crippen molar-refractivity contribution in [1.82, 2.24) is 9.78 Å². The molecule has 0 saturated carbocycles. The van der Waals surface area contributed by atoms with Crippen LogP contribution in [0.5, 0.6) is 0 Å². The second kappa shape index (κ2) is 8.28. The molecule has 0 atom stereocenters. The van der Waals surface area contributed by atoms with Crippen molar-refractivity contribution in [3.8, 4) is 28.2 Å². The summed E-state index contributed by atoms with van der Waals surface area (Å²) in [6.07, 6.45) is 0. The van der Waals surface area contributed by atoms with E-state index in [4.69, 9.17) is 51.5 Å². The van der Waals surface area contributed by atoms with Gasteiger partial charge in [0.25, 0.3) is 0 Å². The summed E-state index contributed by atoms with van der Waals surface area (Å²) in [5.41, 5.74) is 7.98. The van der Waals surface area contributed by atoms with Gasteiger partial charge in [-0.15, -0.1) is 0 Å². The van der Waals surface area contributed by atoms with E-state index in [1.54, 1.807) is 12.1 Å². The van der Waals surface area contributed by atoms with E-state index >= 15 is 0 Å². The highest BCUT2D eigenvalue weighted by Gasteiger charge is 2.20. The summed E-state index contributed by atoms with van der Waals surface area (Å²) in [7, 11) is 0. The van der Waals surface area contributed by atoms with E-state index in [0.29, 0.717) is 20.1 Å². The molecule has 0 fully saturated rings. The molecule has 4 aromatic rings. The molecule has 0 amide bonds. The first kappa shape index (κ1) is 21.3. The molecule has 152 valence electrons. The zero-order chi connectivity index (χ0) is 21.6. The molecule has 1 aromatic heterocycles. The molecule has 0 saturated heterocycles. The summed E-state index contributed by atoms with van der Waals surface area (Å²) in [6, 6.07) is 17.4. The minimum atomic E-state index is 0.491. The van der Waals surface area contributed by atoms with Crippen molar-refractivity contribution in [2.75, 3.05) is 0 Å². The second-order valence-electron chi connectivity index (χ2n) is 7.26. The molecular formula is C24H18Cl4N2. The Bertz CT molecular complexity index is 1270. The van der Waals surface area contributed by atoms with Gasteiger partial charge in [-0.05, 0) is 68.3 Å². The van der Waals surface area contributed by atoms with Crippen LogP contribution in [-0.2, 0) is 0 Å². The monoisotopic (exact) mass is 474 g/mol. The summed E-state index contributed by atoms with van der Waals surface area (Å²) in [5, 5.41) is 6.97. The zero-order valence-corrected chi connectivity index (χ0v) is 19.6. The highest BCUT2D eigenvalue weighted by Crippen LogP contribution is 2.37. The fraction of sp³-hybridized carbons (Fsp3) is 0.125. The molecule has 4 rings (SSSR count). The molecule has 0 aliphatic carbocycles. The van der Waals surface area contributed by atoms with Gasteiger partial charge in [0.2, 0.25) is 0 Å². The molecule has 0 aliphatic rings.